The molecule has 0 saturated heterocycles. The van der Waals surface area contributed by atoms with Gasteiger partial charge in [-0.1, -0.05) is 35.9 Å². The lowest BCUT2D eigenvalue weighted by atomic mass is 10.1. The average molecular weight is 300 g/mol. The normalized spacial score (nSPS) is 10.5. The zero-order valence-corrected chi connectivity index (χ0v) is 11.5. The van der Waals surface area contributed by atoms with Gasteiger partial charge in [-0.05, 0) is 12.1 Å². The minimum Gasteiger partial charge on any atom is -0.340 e. The van der Waals surface area contributed by atoms with E-state index < -0.39 is 4.92 Å². The molecule has 3 aromatic rings. The van der Waals surface area contributed by atoms with Crippen molar-refractivity contribution >= 4 is 39.6 Å². The maximum absolute atomic E-state index is 10.6. The van der Waals surface area contributed by atoms with Crippen molar-refractivity contribution in [1.29, 1.82) is 0 Å². The molecule has 1 aromatic heterocycles. The fourth-order valence-electron chi connectivity index (χ4n) is 2.06. The van der Waals surface area contributed by atoms with E-state index in [-0.39, 0.29) is 5.69 Å². The number of non-ortho nitro benzene ring substituents is 1. The predicted octanol–water partition coefficient (Wildman–Crippen LogP) is 4.54. The van der Waals surface area contributed by atoms with Gasteiger partial charge in [0.15, 0.2) is 0 Å². The smallest absolute Gasteiger partial charge is 0.269 e. The molecule has 0 atom stereocenters. The Kier molecular flexibility index (Phi) is 3.41. The summed E-state index contributed by atoms with van der Waals surface area (Å²) in [6.45, 7) is 0. The van der Waals surface area contributed by atoms with Crippen molar-refractivity contribution in [3.8, 4) is 0 Å². The largest absolute Gasteiger partial charge is 0.340 e. The van der Waals surface area contributed by atoms with Gasteiger partial charge < -0.3 is 5.32 Å². The van der Waals surface area contributed by atoms with Crippen LogP contribution in [0.3, 0.4) is 0 Å². The van der Waals surface area contributed by atoms with Crippen molar-refractivity contribution in [2.24, 2.45) is 0 Å². The number of aromatic nitrogens is 1. The van der Waals surface area contributed by atoms with Crippen LogP contribution in [0.1, 0.15) is 0 Å². The molecule has 0 spiro atoms. The average Bonchev–Trinajstić information content (AvgIpc) is 2.51. The molecular formula is C15H10ClN3O2. The van der Waals surface area contributed by atoms with Crippen molar-refractivity contribution < 1.29 is 4.92 Å². The van der Waals surface area contributed by atoms with E-state index in [9.17, 15) is 10.1 Å². The first-order valence-corrected chi connectivity index (χ1v) is 6.57. The van der Waals surface area contributed by atoms with Gasteiger partial charge in [-0.3, -0.25) is 10.1 Å². The molecule has 2 aromatic carbocycles. The highest BCUT2D eigenvalue weighted by Gasteiger charge is 2.08. The maximum Gasteiger partial charge on any atom is 0.269 e. The Morgan fingerprint density at radius 1 is 1.05 bits per heavy atom. The number of nitro groups is 1. The zero-order valence-electron chi connectivity index (χ0n) is 10.8. The second-order valence-corrected chi connectivity index (χ2v) is 4.84. The van der Waals surface area contributed by atoms with Gasteiger partial charge in [-0.2, -0.15) is 0 Å². The summed E-state index contributed by atoms with van der Waals surface area (Å²) < 4.78 is 0. The number of nitrogens with one attached hydrogen (secondary N) is 1. The molecule has 0 fully saturated rings. The zero-order chi connectivity index (χ0) is 14.8. The minimum absolute atomic E-state index is 0.0504. The Balaban J connectivity index is 1.98. The Hall–Kier alpha value is -2.66. The summed E-state index contributed by atoms with van der Waals surface area (Å²) in [4.78, 5) is 14.5. The lowest BCUT2D eigenvalue weighted by Crippen LogP contribution is -1.95. The molecule has 5 nitrogen and oxygen atoms in total. The number of hydrogen-bond acceptors (Lipinski definition) is 4. The van der Waals surface area contributed by atoms with Crippen molar-refractivity contribution in [2.45, 2.75) is 0 Å². The number of rotatable bonds is 3. The molecule has 104 valence electrons. The summed E-state index contributed by atoms with van der Waals surface area (Å²) in [7, 11) is 0. The SMILES string of the molecule is O=[N+]([O-])c1ccc(Nc2ncc(Cl)c3ccccc23)cc1. The van der Waals surface area contributed by atoms with E-state index in [0.717, 1.165) is 16.5 Å². The molecule has 1 heterocycles. The van der Waals surface area contributed by atoms with E-state index >= 15 is 0 Å². The summed E-state index contributed by atoms with van der Waals surface area (Å²) in [5.74, 6) is 0.656. The molecule has 6 heteroatoms. The molecule has 0 amide bonds. The van der Waals surface area contributed by atoms with E-state index in [2.05, 4.69) is 10.3 Å². The quantitative estimate of drug-likeness (QED) is 0.569. The Morgan fingerprint density at radius 2 is 1.71 bits per heavy atom. The van der Waals surface area contributed by atoms with Crippen LogP contribution in [0, 0.1) is 10.1 Å². The Morgan fingerprint density at radius 3 is 2.38 bits per heavy atom. The monoisotopic (exact) mass is 299 g/mol. The molecule has 0 unspecified atom stereocenters. The van der Waals surface area contributed by atoms with E-state index in [0.29, 0.717) is 10.8 Å². The van der Waals surface area contributed by atoms with E-state index in [4.69, 9.17) is 11.6 Å². The van der Waals surface area contributed by atoms with Gasteiger partial charge in [0.1, 0.15) is 5.82 Å². The first kappa shape index (κ1) is 13.3. The lowest BCUT2D eigenvalue weighted by Gasteiger charge is -2.09. The molecule has 21 heavy (non-hydrogen) atoms. The third kappa shape index (κ3) is 2.64. The van der Waals surface area contributed by atoms with Gasteiger partial charge in [-0.15, -0.1) is 0 Å². The molecule has 0 aliphatic rings. The Labute approximate surface area is 125 Å². The predicted molar refractivity (Wildman–Crippen MR) is 83.1 cm³/mol. The van der Waals surface area contributed by atoms with E-state index in [1.54, 1.807) is 18.3 Å². The second kappa shape index (κ2) is 5.38. The van der Waals surface area contributed by atoms with Crippen LogP contribution < -0.4 is 5.32 Å². The van der Waals surface area contributed by atoms with Crippen LogP contribution in [0.2, 0.25) is 5.02 Å². The second-order valence-electron chi connectivity index (χ2n) is 4.43. The number of halogens is 1. The topological polar surface area (TPSA) is 68.1 Å². The molecule has 3 rings (SSSR count). The van der Waals surface area contributed by atoms with Gasteiger partial charge in [0, 0.05) is 34.8 Å². The fraction of sp³-hybridized carbons (Fsp3) is 0. The summed E-state index contributed by atoms with van der Waals surface area (Å²) >= 11 is 6.12. The highest BCUT2D eigenvalue weighted by molar-refractivity contribution is 6.35. The van der Waals surface area contributed by atoms with Crippen LogP contribution in [0.15, 0.2) is 54.7 Å². The van der Waals surface area contributed by atoms with E-state index in [1.165, 1.54) is 12.1 Å². The van der Waals surface area contributed by atoms with E-state index in [1.807, 2.05) is 24.3 Å². The van der Waals surface area contributed by atoms with Crippen LogP contribution in [0.25, 0.3) is 10.8 Å². The van der Waals surface area contributed by atoms with Gasteiger partial charge in [0.05, 0.1) is 9.95 Å². The van der Waals surface area contributed by atoms with Crippen LogP contribution in [-0.2, 0) is 0 Å². The lowest BCUT2D eigenvalue weighted by molar-refractivity contribution is -0.384. The summed E-state index contributed by atoms with van der Waals surface area (Å²) in [5.41, 5.74) is 0.773. The Bertz CT molecular complexity index is 819. The number of benzene rings is 2. The highest BCUT2D eigenvalue weighted by Crippen LogP contribution is 2.29. The first-order chi connectivity index (χ1) is 10.1. The van der Waals surface area contributed by atoms with Gasteiger partial charge in [0.25, 0.3) is 5.69 Å². The maximum atomic E-state index is 10.6. The van der Waals surface area contributed by atoms with Gasteiger partial charge in [-0.25, -0.2) is 4.98 Å². The van der Waals surface area contributed by atoms with Crippen LogP contribution >= 0.6 is 11.6 Å². The molecule has 0 aliphatic carbocycles. The van der Waals surface area contributed by atoms with Crippen molar-refractivity contribution in [3.05, 3.63) is 69.9 Å². The number of fused-ring (bicyclic) bond motifs is 1. The first-order valence-electron chi connectivity index (χ1n) is 6.20. The van der Waals surface area contributed by atoms with Crippen molar-refractivity contribution in [3.63, 3.8) is 0 Å². The molecule has 0 aliphatic heterocycles. The van der Waals surface area contributed by atoms with Crippen LogP contribution in [0.4, 0.5) is 17.2 Å². The third-order valence-corrected chi connectivity index (χ3v) is 3.39. The van der Waals surface area contributed by atoms with Crippen LogP contribution in [-0.4, -0.2) is 9.91 Å². The van der Waals surface area contributed by atoms with Crippen LogP contribution in [0.5, 0.6) is 0 Å². The highest BCUT2D eigenvalue weighted by atomic mass is 35.5. The van der Waals surface area contributed by atoms with Gasteiger partial charge >= 0.3 is 0 Å². The van der Waals surface area contributed by atoms with Crippen molar-refractivity contribution in [1.82, 2.24) is 4.98 Å². The molecule has 1 N–H and O–H groups in total. The molecular weight excluding hydrogens is 290 g/mol. The standard InChI is InChI=1S/C15H10ClN3O2/c16-14-9-17-15(13-4-2-1-3-12(13)14)18-10-5-7-11(8-6-10)19(20)21/h1-9H,(H,17,18). The summed E-state index contributed by atoms with van der Waals surface area (Å²) in [6.07, 6.45) is 1.58. The van der Waals surface area contributed by atoms with Gasteiger partial charge in [0.2, 0.25) is 0 Å². The molecule has 0 bridgehead atoms. The summed E-state index contributed by atoms with van der Waals surface area (Å²) in [6, 6.07) is 13.8. The number of pyridine rings is 1. The van der Waals surface area contributed by atoms with Crippen molar-refractivity contribution in [2.75, 3.05) is 5.32 Å². The molecule has 0 saturated carbocycles. The number of nitro benzene ring substituents is 1. The number of hydrogen-bond donors (Lipinski definition) is 1. The summed E-state index contributed by atoms with van der Waals surface area (Å²) in [5, 5.41) is 16.2. The number of anilines is 2. The number of nitrogens with zero attached hydrogens (tertiary/aromatic N) is 2. The minimum atomic E-state index is -0.431. The third-order valence-electron chi connectivity index (χ3n) is 3.09. The fourth-order valence-corrected chi connectivity index (χ4v) is 2.27. The molecule has 0 radical (unpaired) electrons.